The minimum absolute atomic E-state index is 0.213. The normalized spacial score (nSPS) is 11.3. The van der Waals surface area contributed by atoms with Gasteiger partial charge in [0.2, 0.25) is 0 Å². The molecule has 0 saturated heterocycles. The van der Waals surface area contributed by atoms with Gasteiger partial charge in [0, 0.05) is 66.3 Å². The van der Waals surface area contributed by atoms with Gasteiger partial charge in [0.05, 0.1) is 13.0 Å². The summed E-state index contributed by atoms with van der Waals surface area (Å²) in [7, 11) is 34.9. The van der Waals surface area contributed by atoms with Crippen LogP contribution in [0.15, 0.2) is 10.9 Å². The van der Waals surface area contributed by atoms with E-state index in [-0.39, 0.29) is 6.49 Å². The fourth-order valence-electron chi connectivity index (χ4n) is 1.38. The fourth-order valence-corrected chi connectivity index (χ4v) is 1.38. The van der Waals surface area contributed by atoms with E-state index in [1.54, 1.807) is 0 Å². The molecule has 0 N–H and O–H groups in total. The van der Waals surface area contributed by atoms with Crippen molar-refractivity contribution in [2.75, 3.05) is 0 Å². The van der Waals surface area contributed by atoms with Gasteiger partial charge in [-0.1, -0.05) is 13.8 Å². The first kappa shape index (κ1) is 15.5. The molecule has 13 radical (unpaired) electrons. The van der Waals surface area contributed by atoms with Gasteiger partial charge in [-0.05, 0) is 0 Å². The van der Waals surface area contributed by atoms with Gasteiger partial charge in [0.15, 0.2) is 0 Å². The third-order valence-corrected chi connectivity index (χ3v) is 2.66. The van der Waals surface area contributed by atoms with E-state index in [1.165, 1.54) is 7.06 Å². The van der Waals surface area contributed by atoms with E-state index in [4.69, 9.17) is 46.4 Å². The molecule has 11 heteroatoms. The molecule has 0 bridgehead atoms. The average molecular weight is 173 g/mol. The summed E-state index contributed by atoms with van der Waals surface area (Å²) in [5.74, 6) is 0. The summed E-state index contributed by atoms with van der Waals surface area (Å²) in [6, 6.07) is 0. The van der Waals surface area contributed by atoms with Gasteiger partial charge >= 0.3 is 0 Å². The molecule has 0 aliphatic carbocycles. The van der Waals surface area contributed by atoms with Crippen molar-refractivity contribution in [2.45, 2.75) is 13.8 Å². The van der Waals surface area contributed by atoms with E-state index < -0.39 is 19.3 Å². The monoisotopic (exact) mass is 175 g/mol. The molecule has 0 aromatic carbocycles. The molecule has 55 valence electrons. The van der Waals surface area contributed by atoms with Crippen LogP contribution in [0.2, 0.25) is 0 Å². The van der Waals surface area contributed by atoms with Gasteiger partial charge in [-0.15, -0.1) is 10.9 Å². The van der Waals surface area contributed by atoms with E-state index in [1.807, 2.05) is 13.8 Å². The highest BCUT2D eigenvalue weighted by Gasteiger charge is 2.22. The lowest BCUT2D eigenvalue weighted by Crippen LogP contribution is -2.47. The second-order valence-corrected chi connectivity index (χ2v) is 3.76. The van der Waals surface area contributed by atoms with Crippen LogP contribution in [0.3, 0.4) is 0 Å². The molecular weight excluding hydrogens is 167 g/mol. The van der Waals surface area contributed by atoms with Crippen LogP contribution in [0.25, 0.3) is 0 Å². The Hall–Kier alpha value is 0.454. The molecule has 0 unspecified atom stereocenters. The van der Waals surface area contributed by atoms with E-state index >= 15 is 0 Å². The van der Waals surface area contributed by atoms with Crippen LogP contribution in [0.5, 0.6) is 0 Å². The largest absolute Gasteiger partial charge is 0.134 e. The molecule has 0 spiro atoms. The first-order valence-corrected chi connectivity index (χ1v) is 4.83. The number of hydrogen-bond acceptors (Lipinski definition) is 0. The predicted octanol–water partition coefficient (Wildman–Crippen LogP) is -2.85. The summed E-state index contributed by atoms with van der Waals surface area (Å²) in [6.07, 6.45) is -1.15. The Morgan fingerprint density at radius 1 is 0.867 bits per heavy atom. The molecule has 0 rings (SSSR count). The van der Waals surface area contributed by atoms with Gasteiger partial charge in [0.25, 0.3) is 0 Å². The molecule has 0 atom stereocenters. The Kier molecular flexibility index (Phi) is 7.12. The van der Waals surface area contributed by atoms with Crippen molar-refractivity contribution in [1.29, 1.82) is 0 Å². The van der Waals surface area contributed by atoms with Crippen molar-refractivity contribution in [2.24, 2.45) is 0 Å². The second-order valence-electron chi connectivity index (χ2n) is 3.76. The highest BCUT2D eigenvalue weighted by Crippen LogP contribution is 2.09. The fraction of sp³-hybridized carbons (Fsp3) is 0.500. The Morgan fingerprint density at radius 3 is 1.60 bits per heavy atom. The topological polar surface area (TPSA) is 0 Å². The molecule has 0 aromatic heterocycles. The van der Waals surface area contributed by atoms with Gasteiger partial charge < -0.3 is 0 Å². The van der Waals surface area contributed by atoms with E-state index in [0.29, 0.717) is 0 Å². The molecular formula is C4H6B11. The van der Waals surface area contributed by atoms with E-state index in [2.05, 4.69) is 0 Å². The van der Waals surface area contributed by atoms with Crippen molar-refractivity contribution in [3.63, 3.8) is 0 Å². The first-order valence-electron chi connectivity index (χ1n) is 4.83. The molecule has 0 fully saturated rings. The summed E-state index contributed by atoms with van der Waals surface area (Å²) >= 11 is 0. The smallest absolute Gasteiger partial charge is 0.0738 e. The van der Waals surface area contributed by atoms with Crippen LogP contribution in [-0.2, 0) is 0 Å². The molecule has 0 aromatic rings. The number of hydrogen-bond donors (Lipinski definition) is 0. The van der Waals surface area contributed by atoms with Gasteiger partial charge in [0.1, 0.15) is 0 Å². The Morgan fingerprint density at radius 2 is 1.33 bits per heavy atom. The SMILES string of the molecule is [B][B]B(B([B])[B])/C(C)=C(/C)B([B])B([B])[B]. The summed E-state index contributed by atoms with van der Waals surface area (Å²) < 4.78 is 0. The molecule has 0 amide bonds. The lowest BCUT2D eigenvalue weighted by molar-refractivity contribution is 1.52. The van der Waals surface area contributed by atoms with Crippen molar-refractivity contribution < 1.29 is 0 Å². The minimum Gasteiger partial charge on any atom is -0.134 e. The average Bonchev–Trinajstić information content (AvgIpc) is 2.15. The number of allylic oxidation sites excluding steroid dienone is 2. The lowest BCUT2D eigenvalue weighted by Gasteiger charge is -2.23. The summed E-state index contributed by atoms with van der Waals surface area (Å²) in [4.78, 5) is 0. The van der Waals surface area contributed by atoms with Crippen molar-refractivity contribution >= 4 is 79.2 Å². The van der Waals surface area contributed by atoms with Crippen molar-refractivity contribution in [3.05, 3.63) is 10.9 Å². The molecule has 0 saturated carbocycles. The standard InChI is InChI=1S/C4H6B11/c1-3(12(6)14(7)8)4(2)13(11-5)15(9)10/h1-2H3/b4-3-. The second kappa shape index (κ2) is 6.91. The number of rotatable bonds is 5. The highest BCUT2D eigenvalue weighted by atomic mass is 13.8. The lowest BCUT2D eigenvalue weighted by atomic mass is 8.79. The van der Waals surface area contributed by atoms with Crippen LogP contribution < -0.4 is 0 Å². The van der Waals surface area contributed by atoms with Crippen LogP contribution in [0.1, 0.15) is 13.8 Å². The third kappa shape index (κ3) is 4.45. The van der Waals surface area contributed by atoms with Crippen LogP contribution in [0, 0.1) is 0 Å². The zero-order valence-electron chi connectivity index (χ0n) is 9.35. The summed E-state index contributed by atoms with van der Waals surface area (Å²) in [5, 5.41) is 0. The third-order valence-electron chi connectivity index (χ3n) is 2.66. The molecule has 0 nitrogen and oxygen atoms in total. The Balaban J connectivity index is 4.89. The summed E-state index contributed by atoms with van der Waals surface area (Å²) in [5.41, 5.74) is 1.79. The maximum absolute atomic E-state index is 5.81. The molecule has 0 aliphatic rings. The van der Waals surface area contributed by atoms with Crippen LogP contribution in [-0.4, -0.2) is 79.2 Å². The highest BCUT2D eigenvalue weighted by molar-refractivity contribution is 7.74. The first-order chi connectivity index (χ1) is 6.82. The Labute approximate surface area is 104 Å². The molecule has 15 heavy (non-hydrogen) atoms. The maximum atomic E-state index is 5.81. The van der Waals surface area contributed by atoms with Crippen LogP contribution >= 0.6 is 0 Å². The van der Waals surface area contributed by atoms with E-state index in [0.717, 1.165) is 10.9 Å². The molecule has 0 heterocycles. The maximum Gasteiger partial charge on any atom is 0.0738 e. The quantitative estimate of drug-likeness (QED) is 0.392. The van der Waals surface area contributed by atoms with Crippen LogP contribution in [0.4, 0.5) is 0 Å². The van der Waals surface area contributed by atoms with E-state index in [9.17, 15) is 0 Å². The van der Waals surface area contributed by atoms with Gasteiger partial charge in [-0.25, -0.2) is 0 Å². The zero-order chi connectivity index (χ0) is 12.2. The van der Waals surface area contributed by atoms with Crippen molar-refractivity contribution in [1.82, 2.24) is 0 Å². The summed E-state index contributed by atoms with van der Waals surface area (Å²) in [6.45, 7) is 3.10. The van der Waals surface area contributed by atoms with Gasteiger partial charge in [-0.2, -0.15) is 0 Å². The Bertz CT molecular complexity index is 221. The zero-order valence-corrected chi connectivity index (χ0v) is 9.35. The van der Waals surface area contributed by atoms with Crippen molar-refractivity contribution in [3.8, 4) is 0 Å². The minimum atomic E-state index is -0.604. The van der Waals surface area contributed by atoms with Gasteiger partial charge in [-0.3, -0.25) is 0 Å². The molecule has 0 aliphatic heterocycles. The predicted molar refractivity (Wildman–Crippen MR) is 81.7 cm³/mol.